The van der Waals surface area contributed by atoms with Crippen molar-refractivity contribution in [3.8, 4) is 0 Å². The molecule has 2 aromatic carbocycles. The first-order valence-corrected chi connectivity index (χ1v) is 11.1. The third-order valence-electron chi connectivity index (χ3n) is 5.36. The van der Waals surface area contributed by atoms with Crippen LogP contribution in [0, 0.1) is 20.8 Å². The number of anilines is 1. The van der Waals surface area contributed by atoms with E-state index < -0.39 is 16.1 Å². The first kappa shape index (κ1) is 20.3. The van der Waals surface area contributed by atoms with E-state index >= 15 is 0 Å². The summed E-state index contributed by atoms with van der Waals surface area (Å²) in [7, 11) is -4.00. The second kappa shape index (κ2) is 7.70. The van der Waals surface area contributed by atoms with Crippen molar-refractivity contribution < 1.29 is 17.7 Å². The molecule has 0 fully saturated rings. The van der Waals surface area contributed by atoms with Gasteiger partial charge in [-0.1, -0.05) is 47.1 Å². The summed E-state index contributed by atoms with van der Waals surface area (Å²) in [5.74, 6) is -0.159. The van der Waals surface area contributed by atoms with Gasteiger partial charge in [0, 0.05) is 12.2 Å². The van der Waals surface area contributed by atoms with Crippen LogP contribution in [0.5, 0.6) is 0 Å². The molecule has 0 bridgehead atoms. The molecule has 8 heteroatoms. The summed E-state index contributed by atoms with van der Waals surface area (Å²) in [6.07, 6.45) is 0.288. The van der Waals surface area contributed by atoms with Crippen molar-refractivity contribution in [1.82, 2.24) is 9.46 Å². The summed E-state index contributed by atoms with van der Waals surface area (Å²) in [6.45, 7) is 5.21. The number of aromatic nitrogens is 1. The molecule has 0 aliphatic carbocycles. The highest BCUT2D eigenvalue weighted by molar-refractivity contribution is 7.89. The highest BCUT2D eigenvalue weighted by Crippen LogP contribution is 2.32. The number of hydrogen-bond donors (Lipinski definition) is 1. The number of benzene rings is 2. The minimum atomic E-state index is -4.00. The van der Waals surface area contributed by atoms with E-state index in [9.17, 15) is 13.2 Å². The minimum absolute atomic E-state index is 0.0232. The number of amides is 1. The molecule has 1 N–H and O–H groups in total. The number of hydrogen-bond acceptors (Lipinski definition) is 5. The van der Waals surface area contributed by atoms with Crippen molar-refractivity contribution in [3.05, 3.63) is 76.7 Å². The Morgan fingerprint density at radius 2 is 1.73 bits per heavy atom. The fourth-order valence-corrected chi connectivity index (χ4v) is 5.66. The van der Waals surface area contributed by atoms with Gasteiger partial charge in [0.15, 0.2) is 5.76 Å². The summed E-state index contributed by atoms with van der Waals surface area (Å²) >= 11 is 0. The Kier molecular flexibility index (Phi) is 5.21. The van der Waals surface area contributed by atoms with Gasteiger partial charge in [0.1, 0.15) is 16.6 Å². The topological polar surface area (TPSA) is 92.5 Å². The van der Waals surface area contributed by atoms with Gasteiger partial charge in [-0.05, 0) is 50.5 Å². The lowest BCUT2D eigenvalue weighted by Gasteiger charge is -2.34. The summed E-state index contributed by atoms with van der Waals surface area (Å²) in [4.78, 5) is 13.2. The summed E-state index contributed by atoms with van der Waals surface area (Å²) in [5.41, 5.74) is 3.82. The first-order valence-electron chi connectivity index (χ1n) is 9.66. The van der Waals surface area contributed by atoms with Gasteiger partial charge in [-0.25, -0.2) is 8.42 Å². The van der Waals surface area contributed by atoms with Crippen molar-refractivity contribution in [2.75, 3.05) is 5.32 Å². The maximum atomic E-state index is 13.6. The van der Waals surface area contributed by atoms with Crippen LogP contribution in [0.25, 0.3) is 0 Å². The molecule has 7 nitrogen and oxygen atoms in total. The third kappa shape index (κ3) is 3.64. The van der Waals surface area contributed by atoms with Gasteiger partial charge < -0.3 is 9.84 Å². The molecule has 3 aromatic rings. The van der Waals surface area contributed by atoms with E-state index in [-0.39, 0.29) is 35.2 Å². The van der Waals surface area contributed by atoms with Gasteiger partial charge in [0.05, 0.1) is 0 Å². The average molecular weight is 426 g/mol. The zero-order valence-corrected chi connectivity index (χ0v) is 17.9. The summed E-state index contributed by atoms with van der Waals surface area (Å²) in [5, 5.41) is 6.65. The fraction of sp³-hybridized carbons (Fsp3) is 0.273. The molecule has 156 valence electrons. The Labute approximate surface area is 175 Å². The van der Waals surface area contributed by atoms with Crippen LogP contribution in [0.4, 0.5) is 5.69 Å². The van der Waals surface area contributed by atoms with Crippen LogP contribution in [0.3, 0.4) is 0 Å². The Balaban J connectivity index is 1.74. The van der Waals surface area contributed by atoms with Gasteiger partial charge in [0.25, 0.3) is 0 Å². The molecule has 4 rings (SSSR count). The van der Waals surface area contributed by atoms with E-state index in [0.717, 1.165) is 16.7 Å². The lowest BCUT2D eigenvalue weighted by atomic mass is 9.95. The van der Waals surface area contributed by atoms with Gasteiger partial charge >= 0.3 is 0 Å². The van der Waals surface area contributed by atoms with Crippen molar-refractivity contribution in [2.24, 2.45) is 0 Å². The van der Waals surface area contributed by atoms with E-state index in [1.807, 2.05) is 43.3 Å². The number of fused-ring (bicyclic) bond motifs is 1. The smallest absolute Gasteiger partial charge is 0.249 e. The van der Waals surface area contributed by atoms with E-state index in [4.69, 9.17) is 4.52 Å². The van der Waals surface area contributed by atoms with E-state index in [0.29, 0.717) is 5.69 Å². The number of aryl methyl sites for hydroxylation is 3. The lowest BCUT2D eigenvalue weighted by molar-refractivity contribution is -0.120. The van der Waals surface area contributed by atoms with Crippen LogP contribution in [0.2, 0.25) is 0 Å². The average Bonchev–Trinajstić information content (AvgIpc) is 3.07. The van der Waals surface area contributed by atoms with Crippen LogP contribution >= 0.6 is 0 Å². The first-order chi connectivity index (χ1) is 14.3. The van der Waals surface area contributed by atoms with Gasteiger partial charge in [0.2, 0.25) is 15.9 Å². The number of rotatable bonds is 4. The molecule has 0 saturated carbocycles. The molecule has 0 saturated heterocycles. The molecule has 30 heavy (non-hydrogen) atoms. The standard InChI is InChI=1S/C22H23N3O4S/c1-14-8-10-19(11-9-14)23-22(26)20-12-17-6-4-5-7-18(17)13-25(20)30(27,28)21-15(2)24-29-16(21)3/h4-11,20H,12-13H2,1-3H3,(H,23,26). The second-order valence-electron chi connectivity index (χ2n) is 7.55. The molecule has 0 spiro atoms. The summed E-state index contributed by atoms with van der Waals surface area (Å²) < 4.78 is 33.5. The maximum Gasteiger partial charge on any atom is 0.249 e. The number of nitrogens with zero attached hydrogens (tertiary/aromatic N) is 2. The summed E-state index contributed by atoms with van der Waals surface area (Å²) in [6, 6.07) is 14.1. The fourth-order valence-electron chi connectivity index (χ4n) is 3.80. The molecular weight excluding hydrogens is 402 g/mol. The van der Waals surface area contributed by atoms with Gasteiger partial charge in [-0.2, -0.15) is 4.31 Å². The highest BCUT2D eigenvalue weighted by atomic mass is 32.2. The van der Waals surface area contributed by atoms with Crippen LogP contribution in [-0.4, -0.2) is 29.8 Å². The number of sulfonamides is 1. The van der Waals surface area contributed by atoms with Crippen LogP contribution in [-0.2, 0) is 27.8 Å². The molecule has 0 radical (unpaired) electrons. The number of nitrogens with one attached hydrogen (secondary N) is 1. The largest absolute Gasteiger partial charge is 0.360 e. The number of carbonyl (C=O) groups is 1. The molecule has 1 aliphatic heterocycles. The van der Waals surface area contributed by atoms with Crippen LogP contribution in [0.15, 0.2) is 57.9 Å². The van der Waals surface area contributed by atoms with Gasteiger partial charge in [-0.3, -0.25) is 4.79 Å². The quantitative estimate of drug-likeness (QED) is 0.692. The predicted octanol–water partition coefficient (Wildman–Crippen LogP) is 3.35. The normalized spacial score (nSPS) is 16.8. The van der Waals surface area contributed by atoms with Crippen LogP contribution in [0.1, 0.15) is 28.1 Å². The molecule has 1 aromatic heterocycles. The molecular formula is C22H23N3O4S. The molecule has 1 unspecified atom stereocenters. The van der Waals surface area contributed by atoms with Crippen molar-refractivity contribution in [1.29, 1.82) is 0 Å². The molecule has 2 heterocycles. The highest BCUT2D eigenvalue weighted by Gasteiger charge is 2.42. The van der Waals surface area contributed by atoms with Crippen molar-refractivity contribution >= 4 is 21.6 Å². The Bertz CT molecular complexity index is 1180. The van der Waals surface area contributed by atoms with Gasteiger partial charge in [-0.15, -0.1) is 0 Å². The Morgan fingerprint density at radius 1 is 1.07 bits per heavy atom. The SMILES string of the molecule is Cc1ccc(NC(=O)C2Cc3ccccc3CN2S(=O)(=O)c2c(C)noc2C)cc1. The van der Waals surface area contributed by atoms with E-state index in [1.54, 1.807) is 26.0 Å². The van der Waals surface area contributed by atoms with Crippen LogP contribution < -0.4 is 5.32 Å². The minimum Gasteiger partial charge on any atom is -0.360 e. The Morgan fingerprint density at radius 3 is 2.37 bits per heavy atom. The van der Waals surface area contributed by atoms with Crippen molar-refractivity contribution in [3.63, 3.8) is 0 Å². The molecule has 1 atom stereocenters. The zero-order chi connectivity index (χ0) is 21.5. The number of carbonyl (C=O) groups excluding carboxylic acids is 1. The van der Waals surface area contributed by atoms with E-state index in [2.05, 4.69) is 10.5 Å². The lowest BCUT2D eigenvalue weighted by Crippen LogP contribution is -2.50. The molecule has 1 aliphatic rings. The second-order valence-corrected chi connectivity index (χ2v) is 9.37. The molecule has 1 amide bonds. The maximum absolute atomic E-state index is 13.6. The predicted molar refractivity (Wildman–Crippen MR) is 112 cm³/mol. The monoisotopic (exact) mass is 425 g/mol. The third-order valence-corrected chi connectivity index (χ3v) is 7.46. The Hall–Kier alpha value is -2.97. The zero-order valence-electron chi connectivity index (χ0n) is 17.0. The van der Waals surface area contributed by atoms with Crippen molar-refractivity contribution in [2.45, 2.75) is 44.7 Å². The van der Waals surface area contributed by atoms with E-state index in [1.165, 1.54) is 4.31 Å².